The summed E-state index contributed by atoms with van der Waals surface area (Å²) in [6.07, 6.45) is 3.03. The molecular formula is C22H39IN4O3S. The second kappa shape index (κ2) is 13.0. The van der Waals surface area contributed by atoms with Crippen LogP contribution in [0.1, 0.15) is 52.5 Å². The van der Waals surface area contributed by atoms with Crippen LogP contribution in [0.4, 0.5) is 0 Å². The maximum absolute atomic E-state index is 12.8. The van der Waals surface area contributed by atoms with Crippen LogP contribution in [0.2, 0.25) is 0 Å². The number of aliphatic imine (C=N–C) groups is 1. The molecule has 0 radical (unpaired) electrons. The maximum Gasteiger partial charge on any atom is 0.243 e. The summed E-state index contributed by atoms with van der Waals surface area (Å²) in [6, 6.07) is 7.07. The molecule has 0 spiro atoms. The molecular weight excluding hydrogens is 527 g/mol. The molecule has 1 aliphatic heterocycles. The molecule has 1 aromatic rings. The van der Waals surface area contributed by atoms with E-state index in [9.17, 15) is 8.42 Å². The zero-order valence-corrected chi connectivity index (χ0v) is 22.6. The molecule has 1 fully saturated rings. The first-order valence-corrected chi connectivity index (χ1v) is 12.3. The Kier molecular flexibility index (Phi) is 11.8. The van der Waals surface area contributed by atoms with E-state index in [1.165, 1.54) is 0 Å². The first-order chi connectivity index (χ1) is 14.2. The molecule has 2 rings (SSSR count). The molecule has 0 aromatic heterocycles. The Morgan fingerprint density at radius 2 is 1.74 bits per heavy atom. The molecule has 9 heteroatoms. The molecule has 2 N–H and O–H groups in total. The average Bonchev–Trinajstić information content (AvgIpc) is 2.72. The van der Waals surface area contributed by atoms with Gasteiger partial charge in [-0.1, -0.05) is 39.3 Å². The van der Waals surface area contributed by atoms with Crippen LogP contribution < -0.4 is 10.6 Å². The molecule has 0 bridgehead atoms. The third-order valence-corrected chi connectivity index (χ3v) is 7.26. The van der Waals surface area contributed by atoms with E-state index in [-0.39, 0.29) is 35.5 Å². The summed E-state index contributed by atoms with van der Waals surface area (Å²) in [5, 5.41) is 6.58. The van der Waals surface area contributed by atoms with Gasteiger partial charge in [-0.25, -0.2) is 13.4 Å². The van der Waals surface area contributed by atoms with Crippen LogP contribution in [-0.4, -0.2) is 58.1 Å². The van der Waals surface area contributed by atoms with Crippen LogP contribution in [0.5, 0.6) is 0 Å². The number of piperidine rings is 1. The quantitative estimate of drug-likeness (QED) is 0.286. The van der Waals surface area contributed by atoms with Crippen molar-refractivity contribution in [3.05, 3.63) is 29.8 Å². The van der Waals surface area contributed by atoms with Gasteiger partial charge in [0.1, 0.15) is 0 Å². The summed E-state index contributed by atoms with van der Waals surface area (Å²) in [5.41, 5.74) is 0.985. The van der Waals surface area contributed by atoms with Crippen molar-refractivity contribution >= 4 is 40.0 Å². The summed E-state index contributed by atoms with van der Waals surface area (Å²) >= 11 is 0. The minimum absolute atomic E-state index is 0. The molecule has 31 heavy (non-hydrogen) atoms. The predicted octanol–water partition coefficient (Wildman–Crippen LogP) is 3.60. The maximum atomic E-state index is 12.8. The summed E-state index contributed by atoms with van der Waals surface area (Å²) in [5.74, 6) is 0.716. The fourth-order valence-electron chi connectivity index (χ4n) is 3.47. The van der Waals surface area contributed by atoms with Crippen LogP contribution >= 0.6 is 24.0 Å². The van der Waals surface area contributed by atoms with Gasteiger partial charge in [-0.05, 0) is 42.9 Å². The highest BCUT2D eigenvalue weighted by molar-refractivity contribution is 14.0. The zero-order valence-electron chi connectivity index (χ0n) is 19.5. The van der Waals surface area contributed by atoms with Crippen LogP contribution in [0.3, 0.4) is 0 Å². The SMILES string of the molecule is CCNC(=NCc1ccc(S(=O)(=O)N2CCCCC2)cc1)NCC(OC)C(C)(C)C.I. The molecule has 1 unspecified atom stereocenters. The molecule has 1 heterocycles. The Hall–Kier alpha value is -0.910. The number of nitrogens with zero attached hydrogens (tertiary/aromatic N) is 2. The number of sulfonamides is 1. The number of benzene rings is 1. The van der Waals surface area contributed by atoms with Crippen molar-refractivity contribution in [1.29, 1.82) is 0 Å². The van der Waals surface area contributed by atoms with E-state index in [0.29, 0.717) is 37.0 Å². The molecule has 0 saturated carbocycles. The third-order valence-electron chi connectivity index (χ3n) is 5.35. The van der Waals surface area contributed by atoms with Crippen molar-refractivity contribution in [2.75, 3.05) is 33.3 Å². The Bertz CT molecular complexity index is 786. The Morgan fingerprint density at radius 1 is 1.13 bits per heavy atom. The topological polar surface area (TPSA) is 83.0 Å². The number of halogens is 1. The number of hydrogen-bond acceptors (Lipinski definition) is 4. The highest BCUT2D eigenvalue weighted by Gasteiger charge is 2.26. The largest absolute Gasteiger partial charge is 0.379 e. The number of hydrogen-bond donors (Lipinski definition) is 2. The minimum Gasteiger partial charge on any atom is -0.379 e. The van der Waals surface area contributed by atoms with Gasteiger partial charge in [-0.15, -0.1) is 24.0 Å². The van der Waals surface area contributed by atoms with Gasteiger partial charge in [0.15, 0.2) is 5.96 Å². The summed E-state index contributed by atoms with van der Waals surface area (Å²) < 4.78 is 32.7. The van der Waals surface area contributed by atoms with E-state index in [4.69, 9.17) is 4.74 Å². The van der Waals surface area contributed by atoms with E-state index < -0.39 is 10.0 Å². The molecule has 1 aliphatic rings. The smallest absolute Gasteiger partial charge is 0.243 e. The van der Waals surface area contributed by atoms with Crippen LogP contribution in [-0.2, 0) is 21.3 Å². The monoisotopic (exact) mass is 566 g/mol. The van der Waals surface area contributed by atoms with Gasteiger partial charge in [-0.3, -0.25) is 0 Å². The Morgan fingerprint density at radius 3 is 2.26 bits per heavy atom. The lowest BCUT2D eigenvalue weighted by Crippen LogP contribution is -2.45. The van der Waals surface area contributed by atoms with Gasteiger partial charge in [-0.2, -0.15) is 4.31 Å². The number of methoxy groups -OCH3 is 1. The lowest BCUT2D eigenvalue weighted by Gasteiger charge is -2.30. The number of nitrogens with one attached hydrogen (secondary N) is 2. The fraction of sp³-hybridized carbons (Fsp3) is 0.682. The Labute approximate surface area is 205 Å². The van der Waals surface area contributed by atoms with Crippen molar-refractivity contribution in [2.45, 2.75) is 64.5 Å². The summed E-state index contributed by atoms with van der Waals surface area (Å²) in [6.45, 7) is 11.6. The van der Waals surface area contributed by atoms with Gasteiger partial charge < -0.3 is 15.4 Å². The molecule has 1 aromatic carbocycles. The van der Waals surface area contributed by atoms with E-state index in [1.54, 1.807) is 23.5 Å². The average molecular weight is 567 g/mol. The first kappa shape index (κ1) is 28.1. The predicted molar refractivity (Wildman–Crippen MR) is 138 cm³/mol. The summed E-state index contributed by atoms with van der Waals surface area (Å²) in [4.78, 5) is 4.99. The molecule has 0 aliphatic carbocycles. The van der Waals surface area contributed by atoms with Gasteiger partial charge in [0.05, 0.1) is 17.5 Å². The molecule has 178 valence electrons. The van der Waals surface area contributed by atoms with E-state index in [2.05, 4.69) is 36.4 Å². The van der Waals surface area contributed by atoms with Crippen molar-refractivity contribution < 1.29 is 13.2 Å². The Balaban J connectivity index is 0.00000480. The normalized spacial score (nSPS) is 17.0. The van der Waals surface area contributed by atoms with E-state index in [1.807, 2.05) is 19.1 Å². The summed E-state index contributed by atoms with van der Waals surface area (Å²) in [7, 11) is -1.67. The van der Waals surface area contributed by atoms with Gasteiger partial charge in [0.2, 0.25) is 10.0 Å². The van der Waals surface area contributed by atoms with Crippen LogP contribution in [0.25, 0.3) is 0 Å². The molecule has 1 atom stereocenters. The second-order valence-corrected chi connectivity index (χ2v) is 10.7. The molecule has 1 saturated heterocycles. The highest BCUT2D eigenvalue weighted by Crippen LogP contribution is 2.22. The number of rotatable bonds is 8. The third kappa shape index (κ3) is 8.51. The van der Waals surface area contributed by atoms with Crippen molar-refractivity contribution in [3.8, 4) is 0 Å². The van der Waals surface area contributed by atoms with E-state index >= 15 is 0 Å². The van der Waals surface area contributed by atoms with Gasteiger partial charge in [0.25, 0.3) is 0 Å². The second-order valence-electron chi connectivity index (χ2n) is 8.78. The zero-order chi connectivity index (χ0) is 22.2. The van der Waals surface area contributed by atoms with Crippen molar-refractivity contribution in [3.63, 3.8) is 0 Å². The van der Waals surface area contributed by atoms with E-state index in [0.717, 1.165) is 31.4 Å². The van der Waals surface area contributed by atoms with Crippen molar-refractivity contribution in [1.82, 2.24) is 14.9 Å². The molecule has 7 nitrogen and oxygen atoms in total. The highest BCUT2D eigenvalue weighted by atomic mass is 127. The van der Waals surface area contributed by atoms with Crippen LogP contribution in [0, 0.1) is 5.41 Å². The molecule has 0 amide bonds. The first-order valence-electron chi connectivity index (χ1n) is 10.8. The van der Waals surface area contributed by atoms with Crippen LogP contribution in [0.15, 0.2) is 34.2 Å². The van der Waals surface area contributed by atoms with Crippen molar-refractivity contribution in [2.24, 2.45) is 10.4 Å². The lowest BCUT2D eigenvalue weighted by molar-refractivity contribution is 0.0205. The standard InChI is InChI=1S/C22H38N4O3S.HI/c1-6-23-21(25-17-20(29-5)22(2,3)4)24-16-18-10-12-19(13-11-18)30(27,28)26-14-8-7-9-15-26;/h10-13,20H,6-9,14-17H2,1-5H3,(H2,23,24,25);1H. The van der Waals surface area contributed by atoms with Gasteiger partial charge in [0, 0.05) is 33.3 Å². The number of guanidine groups is 1. The minimum atomic E-state index is -3.39. The number of ether oxygens (including phenoxy) is 1. The van der Waals surface area contributed by atoms with Gasteiger partial charge >= 0.3 is 0 Å². The lowest BCUT2D eigenvalue weighted by atomic mass is 9.89. The fourth-order valence-corrected chi connectivity index (χ4v) is 4.98.